The molecule has 0 aliphatic carbocycles. The zero-order valence-corrected chi connectivity index (χ0v) is 13.3. The number of carbonyl (C=O) groups excluding carboxylic acids is 1. The van der Waals surface area contributed by atoms with Gasteiger partial charge in [-0.05, 0) is 19.3 Å². The molecule has 2 aliphatic heterocycles. The van der Waals surface area contributed by atoms with Crippen molar-refractivity contribution in [3.63, 3.8) is 0 Å². The smallest absolute Gasteiger partial charge is 0.280 e. The summed E-state index contributed by atoms with van der Waals surface area (Å²) in [5.74, 6) is 0.846. The standard InChI is InChI=1S/C14H16ClN7O/c15-10-8-16-13(20-4-1-2-5-20)19-11(10)12(23)21-6-3-7-22-14(21)17-9-18-22/h8-9H,1-7H2. The molecule has 0 unspecified atom stereocenters. The quantitative estimate of drug-likeness (QED) is 0.826. The minimum atomic E-state index is -0.258. The first kappa shape index (κ1) is 14.4. The summed E-state index contributed by atoms with van der Waals surface area (Å²) in [6, 6.07) is 0. The van der Waals surface area contributed by atoms with E-state index in [2.05, 4.69) is 25.0 Å². The summed E-state index contributed by atoms with van der Waals surface area (Å²) in [5.41, 5.74) is 0.222. The van der Waals surface area contributed by atoms with E-state index in [0.29, 0.717) is 18.4 Å². The van der Waals surface area contributed by atoms with Crippen LogP contribution in [0.3, 0.4) is 0 Å². The van der Waals surface area contributed by atoms with Crippen LogP contribution in [-0.2, 0) is 6.54 Å². The second kappa shape index (κ2) is 5.77. The van der Waals surface area contributed by atoms with Crippen molar-refractivity contribution in [3.8, 4) is 0 Å². The maximum Gasteiger partial charge on any atom is 0.280 e. The Morgan fingerprint density at radius 1 is 1.09 bits per heavy atom. The Hall–Kier alpha value is -2.22. The Kier molecular flexibility index (Phi) is 3.60. The van der Waals surface area contributed by atoms with Gasteiger partial charge < -0.3 is 4.90 Å². The van der Waals surface area contributed by atoms with Crippen molar-refractivity contribution >= 4 is 29.4 Å². The molecule has 0 atom stereocenters. The van der Waals surface area contributed by atoms with Gasteiger partial charge in [-0.25, -0.2) is 14.6 Å². The maximum absolute atomic E-state index is 12.9. The summed E-state index contributed by atoms with van der Waals surface area (Å²) in [6.45, 7) is 3.16. The molecule has 0 N–H and O–H groups in total. The van der Waals surface area contributed by atoms with Crippen LogP contribution in [0.15, 0.2) is 12.5 Å². The van der Waals surface area contributed by atoms with Gasteiger partial charge in [0.05, 0.1) is 11.2 Å². The topological polar surface area (TPSA) is 80.0 Å². The average Bonchev–Trinajstić information content (AvgIpc) is 3.25. The van der Waals surface area contributed by atoms with Crippen LogP contribution in [0.1, 0.15) is 29.8 Å². The van der Waals surface area contributed by atoms with E-state index >= 15 is 0 Å². The molecule has 4 heterocycles. The molecule has 0 spiro atoms. The molecular weight excluding hydrogens is 318 g/mol. The summed E-state index contributed by atoms with van der Waals surface area (Å²) in [5, 5.41) is 4.38. The maximum atomic E-state index is 12.9. The average molecular weight is 334 g/mol. The molecule has 1 fully saturated rings. The fourth-order valence-corrected chi connectivity index (χ4v) is 3.17. The lowest BCUT2D eigenvalue weighted by Gasteiger charge is -2.26. The Labute approximate surface area is 138 Å². The van der Waals surface area contributed by atoms with Gasteiger partial charge in [-0.1, -0.05) is 11.6 Å². The molecule has 0 bridgehead atoms. The van der Waals surface area contributed by atoms with Crippen LogP contribution in [0.25, 0.3) is 0 Å². The summed E-state index contributed by atoms with van der Waals surface area (Å²) >= 11 is 6.18. The number of aromatic nitrogens is 5. The molecule has 4 rings (SSSR count). The van der Waals surface area contributed by atoms with Crippen LogP contribution in [0.4, 0.5) is 11.9 Å². The molecule has 9 heteroatoms. The number of hydrogen-bond donors (Lipinski definition) is 0. The van der Waals surface area contributed by atoms with Crippen LogP contribution in [0, 0.1) is 0 Å². The van der Waals surface area contributed by atoms with E-state index in [4.69, 9.17) is 11.6 Å². The van der Waals surface area contributed by atoms with Crippen LogP contribution < -0.4 is 9.80 Å². The second-order valence-corrected chi connectivity index (χ2v) is 6.06. The summed E-state index contributed by atoms with van der Waals surface area (Å²) < 4.78 is 1.72. The number of rotatable bonds is 2. The van der Waals surface area contributed by atoms with Gasteiger partial charge >= 0.3 is 0 Å². The molecule has 0 aromatic carbocycles. The molecule has 120 valence electrons. The molecular formula is C14H16ClN7O. The molecule has 1 saturated heterocycles. The molecule has 8 nitrogen and oxygen atoms in total. The highest BCUT2D eigenvalue weighted by atomic mass is 35.5. The number of halogens is 1. The van der Waals surface area contributed by atoms with Crippen LogP contribution in [-0.4, -0.2) is 50.3 Å². The van der Waals surface area contributed by atoms with Crippen molar-refractivity contribution < 1.29 is 4.79 Å². The number of hydrogen-bond acceptors (Lipinski definition) is 6. The fraction of sp³-hybridized carbons (Fsp3) is 0.500. The van der Waals surface area contributed by atoms with Gasteiger partial charge in [-0.15, -0.1) is 0 Å². The zero-order valence-electron chi connectivity index (χ0n) is 12.5. The van der Waals surface area contributed by atoms with Gasteiger partial charge in [0.25, 0.3) is 5.91 Å². The second-order valence-electron chi connectivity index (χ2n) is 5.65. The zero-order chi connectivity index (χ0) is 15.8. The first-order valence-corrected chi connectivity index (χ1v) is 8.09. The monoisotopic (exact) mass is 333 g/mol. The fourth-order valence-electron chi connectivity index (χ4n) is 3.00. The molecule has 0 saturated carbocycles. The third-order valence-electron chi connectivity index (χ3n) is 4.16. The van der Waals surface area contributed by atoms with Crippen molar-refractivity contribution in [1.29, 1.82) is 0 Å². The minimum absolute atomic E-state index is 0.222. The first-order chi connectivity index (χ1) is 11.2. The SMILES string of the molecule is O=C(c1nc(N2CCCC2)ncc1Cl)N1CCCn2ncnc21. The molecule has 2 aromatic heterocycles. The van der Waals surface area contributed by atoms with E-state index in [9.17, 15) is 4.79 Å². The van der Waals surface area contributed by atoms with E-state index < -0.39 is 0 Å². The van der Waals surface area contributed by atoms with Crippen LogP contribution in [0.5, 0.6) is 0 Å². The summed E-state index contributed by atoms with van der Waals surface area (Å²) in [7, 11) is 0. The Morgan fingerprint density at radius 2 is 1.91 bits per heavy atom. The number of carbonyl (C=O) groups is 1. The number of fused-ring (bicyclic) bond motifs is 1. The number of nitrogens with zero attached hydrogens (tertiary/aromatic N) is 7. The third kappa shape index (κ3) is 2.52. The van der Waals surface area contributed by atoms with Crippen molar-refractivity contribution in [2.45, 2.75) is 25.8 Å². The minimum Gasteiger partial charge on any atom is -0.341 e. The van der Waals surface area contributed by atoms with Crippen molar-refractivity contribution in [3.05, 3.63) is 23.2 Å². The van der Waals surface area contributed by atoms with Crippen molar-refractivity contribution in [2.24, 2.45) is 0 Å². The highest BCUT2D eigenvalue weighted by Gasteiger charge is 2.29. The highest BCUT2D eigenvalue weighted by Crippen LogP contribution is 2.24. The normalized spacial score (nSPS) is 17.4. The summed E-state index contributed by atoms with van der Waals surface area (Å²) in [6.07, 6.45) is 6.01. The van der Waals surface area contributed by atoms with Crippen molar-refractivity contribution in [1.82, 2.24) is 24.7 Å². The van der Waals surface area contributed by atoms with E-state index in [-0.39, 0.29) is 16.6 Å². The van der Waals surface area contributed by atoms with Gasteiger partial charge in [0.15, 0.2) is 5.69 Å². The number of amides is 1. The first-order valence-electron chi connectivity index (χ1n) is 7.71. The van der Waals surface area contributed by atoms with Gasteiger partial charge in [0.2, 0.25) is 11.9 Å². The lowest BCUT2D eigenvalue weighted by molar-refractivity contribution is 0.0975. The van der Waals surface area contributed by atoms with Crippen molar-refractivity contribution in [2.75, 3.05) is 29.4 Å². The van der Waals surface area contributed by atoms with E-state index in [1.54, 1.807) is 9.58 Å². The van der Waals surface area contributed by atoms with Gasteiger partial charge in [0.1, 0.15) is 6.33 Å². The van der Waals surface area contributed by atoms with E-state index in [0.717, 1.165) is 38.9 Å². The number of anilines is 2. The molecule has 1 amide bonds. The van der Waals surface area contributed by atoms with Crippen LogP contribution >= 0.6 is 11.6 Å². The van der Waals surface area contributed by atoms with E-state index in [1.165, 1.54) is 12.5 Å². The lowest BCUT2D eigenvalue weighted by Crippen LogP contribution is -2.39. The largest absolute Gasteiger partial charge is 0.341 e. The molecule has 23 heavy (non-hydrogen) atoms. The van der Waals surface area contributed by atoms with Gasteiger partial charge in [0, 0.05) is 26.2 Å². The Balaban J connectivity index is 1.67. The van der Waals surface area contributed by atoms with E-state index in [1.807, 2.05) is 0 Å². The molecule has 0 radical (unpaired) electrons. The molecule has 2 aliphatic rings. The third-order valence-corrected chi connectivity index (χ3v) is 4.43. The predicted octanol–water partition coefficient (Wildman–Crippen LogP) is 1.37. The lowest BCUT2D eigenvalue weighted by atomic mass is 10.3. The summed E-state index contributed by atoms with van der Waals surface area (Å²) in [4.78, 5) is 29.4. The predicted molar refractivity (Wildman–Crippen MR) is 84.8 cm³/mol. The van der Waals surface area contributed by atoms with Gasteiger partial charge in [-0.3, -0.25) is 9.69 Å². The van der Waals surface area contributed by atoms with Gasteiger partial charge in [-0.2, -0.15) is 10.1 Å². The highest BCUT2D eigenvalue weighted by molar-refractivity contribution is 6.34. The Bertz CT molecular complexity index is 740. The number of aryl methyl sites for hydroxylation is 1. The Morgan fingerprint density at radius 3 is 2.74 bits per heavy atom. The molecule has 2 aromatic rings. The van der Waals surface area contributed by atoms with Crippen LogP contribution in [0.2, 0.25) is 5.02 Å².